The summed E-state index contributed by atoms with van der Waals surface area (Å²) in [6.07, 6.45) is 0. The van der Waals surface area contributed by atoms with Gasteiger partial charge in [0.1, 0.15) is 11.6 Å². The van der Waals surface area contributed by atoms with E-state index in [-0.39, 0.29) is 18.3 Å². The number of piperazine rings is 1. The Balaban J connectivity index is 1.50. The first kappa shape index (κ1) is 18.0. The standard InChI is InChI=1S/C20H24FN3O2/c1-15-13-16(21)3-8-19(15)22-14-20(25)24-11-9-23(10-12-24)17-4-6-18(26-2)7-5-17/h3-8,13,22H,9-12,14H2,1-2H3. The van der Waals surface area contributed by atoms with Crippen LogP contribution in [-0.2, 0) is 4.79 Å². The van der Waals surface area contributed by atoms with Crippen molar-refractivity contribution in [1.29, 1.82) is 0 Å². The number of nitrogens with zero attached hydrogens (tertiary/aromatic N) is 2. The number of methoxy groups -OCH3 is 1. The Morgan fingerprint density at radius 1 is 1.12 bits per heavy atom. The van der Waals surface area contributed by atoms with E-state index >= 15 is 0 Å². The molecule has 1 aliphatic rings. The maximum atomic E-state index is 13.1. The molecular formula is C20H24FN3O2. The van der Waals surface area contributed by atoms with E-state index in [2.05, 4.69) is 10.2 Å². The molecule has 5 nitrogen and oxygen atoms in total. The fourth-order valence-corrected chi connectivity index (χ4v) is 3.12. The molecular weight excluding hydrogens is 333 g/mol. The van der Waals surface area contributed by atoms with Crippen LogP contribution in [0.15, 0.2) is 42.5 Å². The van der Waals surface area contributed by atoms with Crippen LogP contribution in [0.5, 0.6) is 5.75 Å². The summed E-state index contributed by atoms with van der Waals surface area (Å²) in [5, 5.41) is 3.11. The van der Waals surface area contributed by atoms with Gasteiger partial charge in [-0.2, -0.15) is 0 Å². The highest BCUT2D eigenvalue weighted by Crippen LogP contribution is 2.21. The molecule has 1 saturated heterocycles. The first-order valence-electron chi connectivity index (χ1n) is 8.73. The molecule has 3 rings (SSSR count). The van der Waals surface area contributed by atoms with Gasteiger partial charge in [0.25, 0.3) is 0 Å². The fourth-order valence-electron chi connectivity index (χ4n) is 3.12. The van der Waals surface area contributed by atoms with Gasteiger partial charge in [-0.25, -0.2) is 4.39 Å². The molecule has 0 aliphatic carbocycles. The van der Waals surface area contributed by atoms with Gasteiger partial charge >= 0.3 is 0 Å². The third-order valence-electron chi connectivity index (χ3n) is 4.69. The van der Waals surface area contributed by atoms with Crippen molar-refractivity contribution in [3.05, 3.63) is 53.8 Å². The van der Waals surface area contributed by atoms with Crippen LogP contribution in [0.4, 0.5) is 15.8 Å². The lowest BCUT2D eigenvalue weighted by Gasteiger charge is -2.36. The molecule has 1 amide bonds. The minimum absolute atomic E-state index is 0.0584. The Hall–Kier alpha value is -2.76. The maximum absolute atomic E-state index is 13.1. The van der Waals surface area contributed by atoms with Gasteiger partial charge in [-0.05, 0) is 55.0 Å². The minimum atomic E-state index is -0.269. The Morgan fingerprint density at radius 2 is 1.81 bits per heavy atom. The zero-order chi connectivity index (χ0) is 18.5. The highest BCUT2D eigenvalue weighted by molar-refractivity contribution is 5.81. The van der Waals surface area contributed by atoms with Gasteiger partial charge in [0.05, 0.1) is 13.7 Å². The lowest BCUT2D eigenvalue weighted by Crippen LogP contribution is -2.50. The summed E-state index contributed by atoms with van der Waals surface area (Å²) in [5.41, 5.74) is 2.72. The number of anilines is 2. The summed E-state index contributed by atoms with van der Waals surface area (Å²) in [7, 11) is 1.65. The van der Waals surface area contributed by atoms with Crippen LogP contribution in [0, 0.1) is 12.7 Å². The molecule has 0 bridgehead atoms. The Kier molecular flexibility index (Phi) is 5.61. The van der Waals surface area contributed by atoms with Gasteiger partial charge in [0.2, 0.25) is 5.91 Å². The number of benzene rings is 2. The third kappa shape index (κ3) is 4.25. The van der Waals surface area contributed by atoms with E-state index in [4.69, 9.17) is 4.74 Å². The highest BCUT2D eigenvalue weighted by atomic mass is 19.1. The molecule has 0 radical (unpaired) electrons. The molecule has 1 aliphatic heterocycles. The predicted octanol–water partition coefficient (Wildman–Crippen LogP) is 2.90. The molecule has 0 saturated carbocycles. The normalized spacial score (nSPS) is 14.3. The van der Waals surface area contributed by atoms with E-state index in [1.54, 1.807) is 13.2 Å². The van der Waals surface area contributed by atoms with Crippen LogP contribution in [0.1, 0.15) is 5.56 Å². The summed E-state index contributed by atoms with van der Waals surface area (Å²) in [5.74, 6) is 0.627. The topological polar surface area (TPSA) is 44.8 Å². The second kappa shape index (κ2) is 8.08. The number of nitrogens with one attached hydrogen (secondary N) is 1. The van der Waals surface area contributed by atoms with Crippen molar-refractivity contribution in [3.8, 4) is 5.75 Å². The first-order chi connectivity index (χ1) is 12.6. The van der Waals surface area contributed by atoms with E-state index < -0.39 is 0 Å². The summed E-state index contributed by atoms with van der Waals surface area (Å²) in [6.45, 7) is 5.02. The second-order valence-corrected chi connectivity index (χ2v) is 6.38. The quantitative estimate of drug-likeness (QED) is 0.894. The molecule has 1 heterocycles. The van der Waals surface area contributed by atoms with E-state index in [1.165, 1.54) is 12.1 Å². The molecule has 1 fully saturated rings. The smallest absolute Gasteiger partial charge is 0.241 e. The van der Waals surface area contributed by atoms with E-state index in [0.717, 1.165) is 35.8 Å². The van der Waals surface area contributed by atoms with Crippen LogP contribution in [0.3, 0.4) is 0 Å². The monoisotopic (exact) mass is 357 g/mol. The van der Waals surface area contributed by atoms with E-state index in [0.29, 0.717) is 13.1 Å². The van der Waals surface area contributed by atoms with E-state index in [9.17, 15) is 9.18 Å². The molecule has 0 aromatic heterocycles. The van der Waals surface area contributed by atoms with Crippen LogP contribution in [0.2, 0.25) is 0 Å². The SMILES string of the molecule is COc1ccc(N2CCN(C(=O)CNc3ccc(F)cc3C)CC2)cc1. The summed E-state index contributed by atoms with van der Waals surface area (Å²) in [6, 6.07) is 12.5. The number of hydrogen-bond donors (Lipinski definition) is 1. The molecule has 26 heavy (non-hydrogen) atoms. The molecule has 0 atom stereocenters. The number of carbonyl (C=O) groups excluding carboxylic acids is 1. The molecule has 138 valence electrons. The van der Waals surface area contributed by atoms with Crippen molar-refractivity contribution in [1.82, 2.24) is 4.90 Å². The average molecular weight is 357 g/mol. The number of carbonyl (C=O) groups is 1. The van der Waals surface area contributed by atoms with Crippen LogP contribution >= 0.6 is 0 Å². The van der Waals surface area contributed by atoms with Gasteiger partial charge in [0, 0.05) is 37.6 Å². The molecule has 0 spiro atoms. The zero-order valence-corrected chi connectivity index (χ0v) is 15.2. The predicted molar refractivity (Wildman–Crippen MR) is 101 cm³/mol. The number of ether oxygens (including phenoxy) is 1. The van der Waals surface area contributed by atoms with Crippen molar-refractivity contribution < 1.29 is 13.9 Å². The molecule has 0 unspecified atom stereocenters. The van der Waals surface area contributed by atoms with Crippen molar-refractivity contribution in [2.24, 2.45) is 0 Å². The van der Waals surface area contributed by atoms with Gasteiger partial charge in [-0.3, -0.25) is 4.79 Å². The molecule has 6 heteroatoms. The average Bonchev–Trinajstić information content (AvgIpc) is 2.67. The van der Waals surface area contributed by atoms with Crippen LogP contribution in [-0.4, -0.2) is 50.6 Å². The number of halogens is 1. The van der Waals surface area contributed by atoms with Gasteiger partial charge in [0.15, 0.2) is 0 Å². The number of hydrogen-bond acceptors (Lipinski definition) is 4. The molecule has 1 N–H and O–H groups in total. The summed E-state index contributed by atoms with van der Waals surface area (Å²) >= 11 is 0. The first-order valence-corrected chi connectivity index (χ1v) is 8.73. The largest absolute Gasteiger partial charge is 0.497 e. The fraction of sp³-hybridized carbons (Fsp3) is 0.350. The van der Waals surface area contributed by atoms with Crippen LogP contribution < -0.4 is 15.0 Å². The van der Waals surface area contributed by atoms with E-state index in [1.807, 2.05) is 36.1 Å². The van der Waals surface area contributed by atoms with Crippen molar-refractivity contribution in [2.45, 2.75) is 6.92 Å². The number of aryl methyl sites for hydroxylation is 1. The molecule has 2 aromatic rings. The third-order valence-corrected chi connectivity index (χ3v) is 4.69. The number of amides is 1. The Bertz CT molecular complexity index is 756. The lowest BCUT2D eigenvalue weighted by molar-refractivity contribution is -0.129. The van der Waals surface area contributed by atoms with Crippen molar-refractivity contribution >= 4 is 17.3 Å². The highest BCUT2D eigenvalue weighted by Gasteiger charge is 2.21. The molecule has 2 aromatic carbocycles. The minimum Gasteiger partial charge on any atom is -0.497 e. The van der Waals surface area contributed by atoms with Crippen molar-refractivity contribution in [2.75, 3.05) is 50.1 Å². The Morgan fingerprint density at radius 3 is 2.42 bits per heavy atom. The van der Waals surface area contributed by atoms with Gasteiger partial charge in [-0.1, -0.05) is 0 Å². The maximum Gasteiger partial charge on any atom is 0.241 e. The van der Waals surface area contributed by atoms with Crippen molar-refractivity contribution in [3.63, 3.8) is 0 Å². The van der Waals surface area contributed by atoms with Gasteiger partial charge < -0.3 is 19.9 Å². The summed E-state index contributed by atoms with van der Waals surface area (Å²) in [4.78, 5) is 16.6. The Labute approximate surface area is 153 Å². The summed E-state index contributed by atoms with van der Waals surface area (Å²) < 4.78 is 18.3. The second-order valence-electron chi connectivity index (χ2n) is 6.38. The zero-order valence-electron chi connectivity index (χ0n) is 15.2. The number of rotatable bonds is 5. The lowest BCUT2D eigenvalue weighted by atomic mass is 10.2. The van der Waals surface area contributed by atoms with Crippen LogP contribution in [0.25, 0.3) is 0 Å². The van der Waals surface area contributed by atoms with Gasteiger partial charge in [-0.15, -0.1) is 0 Å².